The Kier molecular flexibility index (Phi) is 4.21. The van der Waals surface area contributed by atoms with Crippen LogP contribution >= 0.6 is 0 Å². The number of hydrogen-bond acceptors (Lipinski definition) is 10. The molecule has 15 heteroatoms. The minimum absolute atomic E-state index is 0.120. The van der Waals surface area contributed by atoms with E-state index in [4.69, 9.17) is 0 Å². The molecule has 0 aliphatic heterocycles. The summed E-state index contributed by atoms with van der Waals surface area (Å²) in [6.45, 7) is 0. The van der Waals surface area contributed by atoms with Gasteiger partial charge in [-0.1, -0.05) is 6.07 Å². The van der Waals surface area contributed by atoms with Gasteiger partial charge in [-0.3, -0.25) is 44.5 Å². The van der Waals surface area contributed by atoms with Gasteiger partial charge in [-0.05, 0) is 6.07 Å². The lowest BCUT2D eigenvalue weighted by Crippen LogP contribution is -2.26. The van der Waals surface area contributed by atoms with Gasteiger partial charge in [0.2, 0.25) is 11.6 Å². The zero-order valence-corrected chi connectivity index (χ0v) is 14.4. The number of carbonyl (C=O) groups excluding carboxylic acids is 2. The highest BCUT2D eigenvalue weighted by molar-refractivity contribution is 7.86. The molecule has 29 heavy (non-hydrogen) atoms. The van der Waals surface area contributed by atoms with Crippen LogP contribution in [0.15, 0.2) is 29.2 Å². The molecule has 0 saturated heterocycles. The Morgan fingerprint density at radius 3 is 1.79 bits per heavy atom. The summed E-state index contributed by atoms with van der Waals surface area (Å²) in [7, 11) is -5.56. The second kappa shape index (κ2) is 6.21. The summed E-state index contributed by atoms with van der Waals surface area (Å²) in [5.74, 6) is -2.91. The first-order valence-electron chi connectivity index (χ1n) is 7.22. The van der Waals surface area contributed by atoms with Crippen LogP contribution in [0.2, 0.25) is 0 Å². The Hall–Kier alpha value is -4.11. The molecule has 1 aliphatic rings. The lowest BCUT2D eigenvalue weighted by Gasteiger charge is -2.19. The van der Waals surface area contributed by atoms with E-state index in [0.717, 1.165) is 18.2 Å². The molecule has 0 unspecified atom stereocenters. The number of nitro groups is 3. The normalized spacial score (nSPS) is 12.9. The molecule has 1 N–H and O–H groups in total. The third-order valence-electron chi connectivity index (χ3n) is 4.06. The van der Waals surface area contributed by atoms with Crippen molar-refractivity contribution in [1.82, 2.24) is 0 Å². The van der Waals surface area contributed by atoms with Gasteiger partial charge in [0.05, 0.1) is 26.4 Å². The molecule has 0 saturated carbocycles. The molecule has 0 amide bonds. The van der Waals surface area contributed by atoms with Crippen LogP contribution in [0.3, 0.4) is 0 Å². The summed E-state index contributed by atoms with van der Waals surface area (Å²) in [5.41, 5.74) is -7.78. The van der Waals surface area contributed by atoms with Crippen LogP contribution in [0.5, 0.6) is 0 Å². The van der Waals surface area contributed by atoms with Crippen LogP contribution in [0.4, 0.5) is 17.1 Å². The second-order valence-electron chi connectivity index (χ2n) is 5.60. The van der Waals surface area contributed by atoms with Crippen LogP contribution < -0.4 is 0 Å². The maximum Gasteiger partial charge on any atom is 0.302 e. The molecule has 0 spiro atoms. The van der Waals surface area contributed by atoms with E-state index in [0.29, 0.717) is 0 Å². The second-order valence-corrected chi connectivity index (χ2v) is 6.96. The van der Waals surface area contributed by atoms with Gasteiger partial charge in [0.15, 0.2) is 4.90 Å². The summed E-state index contributed by atoms with van der Waals surface area (Å²) in [5, 5.41) is 33.8. The molecule has 2 aromatic carbocycles. The minimum atomic E-state index is -5.56. The number of fused-ring (bicyclic) bond motifs is 2. The van der Waals surface area contributed by atoms with Crippen LogP contribution in [-0.2, 0) is 10.1 Å². The SMILES string of the molecule is O=C1c2cccc([N+](=O)[O-])c2C(=O)c2c1c([N+](=O)[O-])cc([N+](=O)[O-])c2S(=O)(=O)O. The topological polar surface area (TPSA) is 218 Å². The van der Waals surface area contributed by atoms with Crippen LogP contribution in [0, 0.1) is 30.3 Å². The Morgan fingerprint density at radius 1 is 0.759 bits per heavy atom. The number of hydrogen-bond donors (Lipinski definition) is 1. The van der Waals surface area contributed by atoms with E-state index in [1.54, 1.807) is 0 Å². The van der Waals surface area contributed by atoms with Crippen LogP contribution in [-0.4, -0.2) is 39.3 Å². The van der Waals surface area contributed by atoms with E-state index in [2.05, 4.69) is 0 Å². The fourth-order valence-corrected chi connectivity index (χ4v) is 3.85. The molecule has 0 heterocycles. The Bertz CT molecular complexity index is 1300. The van der Waals surface area contributed by atoms with Gasteiger partial charge in [-0.15, -0.1) is 0 Å². The fourth-order valence-electron chi connectivity index (χ4n) is 3.00. The first-order valence-corrected chi connectivity index (χ1v) is 8.66. The maximum atomic E-state index is 12.9. The van der Waals surface area contributed by atoms with Gasteiger partial charge in [0.25, 0.3) is 17.1 Å². The van der Waals surface area contributed by atoms with E-state index in [1.807, 2.05) is 0 Å². The average Bonchev–Trinajstić information content (AvgIpc) is 2.62. The third-order valence-corrected chi connectivity index (χ3v) is 4.98. The van der Waals surface area contributed by atoms with E-state index < -0.39 is 80.7 Å². The molecule has 3 rings (SSSR count). The largest absolute Gasteiger partial charge is 0.302 e. The quantitative estimate of drug-likeness (QED) is 0.359. The summed E-state index contributed by atoms with van der Waals surface area (Å²) in [6.07, 6.45) is 0. The van der Waals surface area contributed by atoms with E-state index in [1.165, 1.54) is 0 Å². The van der Waals surface area contributed by atoms with Crippen LogP contribution in [0.25, 0.3) is 0 Å². The number of nitrogens with zero attached hydrogens (tertiary/aromatic N) is 3. The van der Waals surface area contributed by atoms with Gasteiger partial charge in [0, 0.05) is 11.6 Å². The molecule has 0 bridgehead atoms. The van der Waals surface area contributed by atoms with Gasteiger partial charge < -0.3 is 0 Å². The van der Waals surface area contributed by atoms with Crippen molar-refractivity contribution in [3.05, 3.63) is 76.9 Å². The first-order chi connectivity index (χ1) is 13.4. The molecular formula is C14H5N3O11S. The highest BCUT2D eigenvalue weighted by Crippen LogP contribution is 2.43. The number of ketones is 2. The number of rotatable bonds is 4. The Morgan fingerprint density at radius 2 is 1.31 bits per heavy atom. The molecule has 0 fully saturated rings. The average molecular weight is 423 g/mol. The van der Waals surface area contributed by atoms with Crippen molar-refractivity contribution in [3.63, 3.8) is 0 Å². The van der Waals surface area contributed by atoms with Crippen molar-refractivity contribution in [1.29, 1.82) is 0 Å². The molecule has 2 aromatic rings. The molecule has 1 aliphatic carbocycles. The minimum Gasteiger partial charge on any atom is -0.288 e. The van der Waals surface area contributed by atoms with Crippen molar-refractivity contribution in [3.8, 4) is 0 Å². The number of nitro benzene ring substituents is 3. The monoisotopic (exact) mass is 423 g/mol. The Labute approximate surface area is 158 Å². The van der Waals surface area contributed by atoms with E-state index in [-0.39, 0.29) is 6.07 Å². The fraction of sp³-hybridized carbons (Fsp3) is 0. The van der Waals surface area contributed by atoms with E-state index in [9.17, 15) is 52.9 Å². The van der Waals surface area contributed by atoms with E-state index >= 15 is 0 Å². The summed E-state index contributed by atoms with van der Waals surface area (Å²) in [6, 6.07) is 2.90. The highest BCUT2D eigenvalue weighted by atomic mass is 32.2. The molecule has 0 aromatic heterocycles. The molecule has 148 valence electrons. The van der Waals surface area contributed by atoms with Crippen LogP contribution in [0.1, 0.15) is 31.8 Å². The predicted octanol–water partition coefficient (Wildman–Crippen LogP) is 1.43. The van der Waals surface area contributed by atoms with Crippen molar-refractivity contribution in [2.45, 2.75) is 4.90 Å². The first kappa shape index (κ1) is 19.6. The van der Waals surface area contributed by atoms with Gasteiger partial charge in [-0.25, -0.2) is 0 Å². The summed E-state index contributed by atoms with van der Waals surface area (Å²) >= 11 is 0. The maximum absolute atomic E-state index is 12.9. The van der Waals surface area contributed by atoms with Crippen molar-refractivity contribution in [2.24, 2.45) is 0 Å². The lowest BCUT2D eigenvalue weighted by molar-refractivity contribution is -0.396. The summed E-state index contributed by atoms with van der Waals surface area (Å²) < 4.78 is 33.0. The van der Waals surface area contributed by atoms with Gasteiger partial charge in [-0.2, -0.15) is 8.42 Å². The smallest absolute Gasteiger partial charge is 0.288 e. The number of carbonyl (C=O) groups is 2. The van der Waals surface area contributed by atoms with Crippen molar-refractivity contribution in [2.75, 3.05) is 0 Å². The molecule has 0 atom stereocenters. The summed E-state index contributed by atoms with van der Waals surface area (Å²) in [4.78, 5) is 54.1. The standard InChI is InChI=1S/C14H5N3O11S/c18-12-5-2-1-3-6(15(20)21)9(5)13(19)11-10(12)7(16(22)23)4-8(17(24)25)14(11)29(26,27)28/h1-4H,(H,26,27,28). The third kappa shape index (κ3) is 2.80. The lowest BCUT2D eigenvalue weighted by atomic mass is 9.82. The molecular weight excluding hydrogens is 418 g/mol. The predicted molar refractivity (Wildman–Crippen MR) is 89.5 cm³/mol. The zero-order valence-electron chi connectivity index (χ0n) is 13.6. The highest BCUT2D eigenvalue weighted by Gasteiger charge is 2.46. The van der Waals surface area contributed by atoms with Gasteiger partial charge >= 0.3 is 10.1 Å². The molecule has 14 nitrogen and oxygen atoms in total. The van der Waals surface area contributed by atoms with Gasteiger partial charge in [0.1, 0.15) is 11.1 Å². The number of benzene rings is 2. The Balaban J connectivity index is 2.62. The molecule has 0 radical (unpaired) electrons. The van der Waals surface area contributed by atoms with Crippen molar-refractivity contribution < 1.29 is 37.3 Å². The van der Waals surface area contributed by atoms with Crippen molar-refractivity contribution >= 4 is 38.7 Å². The zero-order chi connectivity index (χ0) is 21.8.